The number of aromatic nitrogens is 1. The SMILES string of the molecule is COc1ccccc1N(C)CCC(=O)N1Cc2ccccc2N(C(C)=O)CC[C@@H]2CC[C@H](C1)N2Cc1ccccn1. The van der Waals surface area contributed by atoms with Gasteiger partial charge >= 0.3 is 0 Å². The summed E-state index contributed by atoms with van der Waals surface area (Å²) in [5.41, 5.74) is 3.89. The molecule has 1 saturated heterocycles. The first-order chi connectivity index (χ1) is 19.9. The fourth-order valence-corrected chi connectivity index (χ4v) is 6.29. The van der Waals surface area contributed by atoms with Crippen LogP contribution < -0.4 is 14.5 Å². The topological polar surface area (TPSA) is 69.2 Å². The van der Waals surface area contributed by atoms with E-state index in [0.717, 1.165) is 54.2 Å². The molecule has 216 valence electrons. The van der Waals surface area contributed by atoms with Crippen molar-refractivity contribution >= 4 is 23.2 Å². The van der Waals surface area contributed by atoms with E-state index in [1.54, 1.807) is 14.0 Å². The maximum Gasteiger partial charge on any atom is 0.224 e. The predicted molar refractivity (Wildman–Crippen MR) is 162 cm³/mol. The number of ether oxygens (including phenoxy) is 1. The van der Waals surface area contributed by atoms with Gasteiger partial charge in [0.05, 0.1) is 18.5 Å². The molecule has 0 N–H and O–H groups in total. The van der Waals surface area contributed by atoms with Crippen molar-refractivity contribution in [3.05, 3.63) is 84.2 Å². The third-order valence-electron chi connectivity index (χ3n) is 8.49. The summed E-state index contributed by atoms with van der Waals surface area (Å²) in [4.78, 5) is 39.9. The molecule has 1 fully saturated rings. The minimum Gasteiger partial charge on any atom is -0.495 e. The molecule has 2 atom stereocenters. The molecule has 0 unspecified atom stereocenters. The Morgan fingerprint density at radius 2 is 1.73 bits per heavy atom. The first-order valence-corrected chi connectivity index (χ1v) is 14.6. The number of para-hydroxylation sites is 3. The molecular weight excluding hydrogens is 514 g/mol. The molecule has 3 aromatic rings. The van der Waals surface area contributed by atoms with Crippen LogP contribution >= 0.6 is 0 Å². The summed E-state index contributed by atoms with van der Waals surface area (Å²) in [6.45, 7) is 4.71. The largest absolute Gasteiger partial charge is 0.495 e. The molecule has 1 aromatic heterocycles. The van der Waals surface area contributed by atoms with Crippen molar-refractivity contribution in [3.63, 3.8) is 0 Å². The summed E-state index contributed by atoms with van der Waals surface area (Å²) in [5.74, 6) is 0.924. The molecule has 8 heteroatoms. The third kappa shape index (κ3) is 6.70. The van der Waals surface area contributed by atoms with Gasteiger partial charge < -0.3 is 19.4 Å². The maximum atomic E-state index is 14.0. The Bertz CT molecular complexity index is 1330. The van der Waals surface area contributed by atoms with Gasteiger partial charge in [0.2, 0.25) is 11.8 Å². The van der Waals surface area contributed by atoms with E-state index in [4.69, 9.17) is 4.74 Å². The molecule has 0 saturated carbocycles. The Morgan fingerprint density at radius 1 is 0.976 bits per heavy atom. The van der Waals surface area contributed by atoms with E-state index in [9.17, 15) is 9.59 Å². The molecule has 0 spiro atoms. The zero-order valence-electron chi connectivity index (χ0n) is 24.4. The Hall–Kier alpha value is -3.91. The third-order valence-corrected chi connectivity index (χ3v) is 8.49. The van der Waals surface area contributed by atoms with Crippen LogP contribution in [-0.2, 0) is 22.7 Å². The number of carbonyl (C=O) groups excluding carboxylic acids is 2. The summed E-state index contributed by atoms with van der Waals surface area (Å²) < 4.78 is 5.54. The number of amides is 2. The number of anilines is 2. The molecule has 3 heterocycles. The lowest BCUT2D eigenvalue weighted by Crippen LogP contribution is -2.45. The summed E-state index contributed by atoms with van der Waals surface area (Å²) in [6.07, 6.45) is 5.16. The second kappa shape index (κ2) is 13.2. The van der Waals surface area contributed by atoms with Gasteiger partial charge in [0.15, 0.2) is 0 Å². The number of nitrogens with zero attached hydrogens (tertiary/aromatic N) is 5. The van der Waals surface area contributed by atoms with Gasteiger partial charge in [-0.25, -0.2) is 0 Å². The summed E-state index contributed by atoms with van der Waals surface area (Å²) in [7, 11) is 3.66. The molecule has 2 aliphatic heterocycles. The second-order valence-electron chi connectivity index (χ2n) is 11.1. The molecule has 5 rings (SSSR count). The van der Waals surface area contributed by atoms with Crippen LogP contribution in [0.1, 0.15) is 43.9 Å². The van der Waals surface area contributed by atoms with E-state index in [1.807, 2.05) is 83.7 Å². The van der Waals surface area contributed by atoms with Gasteiger partial charge in [-0.2, -0.15) is 0 Å². The van der Waals surface area contributed by atoms with Gasteiger partial charge in [-0.15, -0.1) is 0 Å². The quantitative estimate of drug-likeness (QED) is 0.420. The maximum absolute atomic E-state index is 14.0. The summed E-state index contributed by atoms with van der Waals surface area (Å²) >= 11 is 0. The number of carbonyl (C=O) groups is 2. The van der Waals surface area contributed by atoms with Crippen molar-refractivity contribution in [2.45, 2.75) is 57.8 Å². The van der Waals surface area contributed by atoms with Crippen LogP contribution in [0, 0.1) is 0 Å². The Labute approximate surface area is 243 Å². The van der Waals surface area contributed by atoms with E-state index in [-0.39, 0.29) is 17.9 Å². The molecule has 2 amide bonds. The van der Waals surface area contributed by atoms with Gasteiger partial charge in [-0.3, -0.25) is 19.5 Å². The molecule has 41 heavy (non-hydrogen) atoms. The van der Waals surface area contributed by atoms with Crippen molar-refractivity contribution in [3.8, 4) is 5.75 Å². The summed E-state index contributed by atoms with van der Waals surface area (Å²) in [6, 6.07) is 22.5. The highest BCUT2D eigenvalue weighted by Crippen LogP contribution is 2.33. The van der Waals surface area contributed by atoms with Gasteiger partial charge in [0, 0.05) is 77.1 Å². The first kappa shape index (κ1) is 28.6. The van der Waals surface area contributed by atoms with Crippen LogP contribution in [0.3, 0.4) is 0 Å². The van der Waals surface area contributed by atoms with Gasteiger partial charge in [-0.1, -0.05) is 36.4 Å². The highest BCUT2D eigenvalue weighted by molar-refractivity contribution is 5.92. The van der Waals surface area contributed by atoms with Crippen LogP contribution in [-0.4, -0.2) is 72.5 Å². The van der Waals surface area contributed by atoms with Gasteiger partial charge in [0.25, 0.3) is 0 Å². The number of methoxy groups -OCH3 is 1. The van der Waals surface area contributed by atoms with Crippen molar-refractivity contribution in [1.29, 1.82) is 0 Å². The van der Waals surface area contributed by atoms with Crippen LogP contribution in [0.25, 0.3) is 0 Å². The Kier molecular flexibility index (Phi) is 9.19. The zero-order valence-corrected chi connectivity index (χ0v) is 24.4. The van der Waals surface area contributed by atoms with Crippen LogP contribution in [0.15, 0.2) is 72.9 Å². The van der Waals surface area contributed by atoms with E-state index < -0.39 is 0 Å². The number of hydrogen-bond donors (Lipinski definition) is 0. The number of fused-ring (bicyclic) bond motifs is 3. The average molecular weight is 556 g/mol. The number of benzene rings is 2. The number of hydrogen-bond acceptors (Lipinski definition) is 6. The van der Waals surface area contributed by atoms with Gasteiger partial charge in [0.1, 0.15) is 5.75 Å². The minimum atomic E-state index is 0.0267. The van der Waals surface area contributed by atoms with Crippen molar-refractivity contribution in [1.82, 2.24) is 14.8 Å². The lowest BCUT2D eigenvalue weighted by Gasteiger charge is -2.34. The smallest absolute Gasteiger partial charge is 0.224 e. The number of rotatable bonds is 7. The number of pyridine rings is 1. The van der Waals surface area contributed by atoms with Crippen molar-refractivity contribution in [2.24, 2.45) is 0 Å². The molecule has 2 aromatic carbocycles. The predicted octanol–water partition coefficient (Wildman–Crippen LogP) is 4.74. The minimum absolute atomic E-state index is 0.0267. The highest BCUT2D eigenvalue weighted by atomic mass is 16.5. The van der Waals surface area contributed by atoms with Crippen LogP contribution in [0.4, 0.5) is 11.4 Å². The van der Waals surface area contributed by atoms with E-state index >= 15 is 0 Å². The highest BCUT2D eigenvalue weighted by Gasteiger charge is 2.36. The molecule has 0 aliphatic carbocycles. The van der Waals surface area contributed by atoms with Crippen LogP contribution in [0.2, 0.25) is 0 Å². The molecular formula is C33H41N5O3. The zero-order chi connectivity index (χ0) is 28.8. The first-order valence-electron chi connectivity index (χ1n) is 14.6. The lowest BCUT2D eigenvalue weighted by molar-refractivity contribution is -0.132. The van der Waals surface area contributed by atoms with E-state index in [2.05, 4.69) is 20.9 Å². The standard InChI is InChI=1S/C33H41N5O3/c1-25(39)37-21-17-28-15-16-29(38(28)23-27-11-8-9-19-34-27)24-36(22-26-10-4-5-12-30(26)37)33(40)18-20-35(2)31-13-6-7-14-32(31)41-3/h4-14,19,28-29H,15-18,20-24H2,1-3H3/t28-,29+/m0/s1. The normalized spacial score (nSPS) is 19.3. The molecule has 2 aliphatic rings. The molecule has 0 radical (unpaired) electrons. The second-order valence-corrected chi connectivity index (χ2v) is 11.1. The van der Waals surface area contributed by atoms with Gasteiger partial charge in [-0.05, 0) is 55.2 Å². The van der Waals surface area contributed by atoms with E-state index in [0.29, 0.717) is 38.6 Å². The molecule has 2 bridgehead atoms. The Morgan fingerprint density at radius 3 is 2.51 bits per heavy atom. The average Bonchev–Trinajstić information content (AvgIpc) is 3.35. The van der Waals surface area contributed by atoms with E-state index in [1.165, 1.54) is 0 Å². The molecule has 8 nitrogen and oxygen atoms in total. The monoisotopic (exact) mass is 555 g/mol. The summed E-state index contributed by atoms with van der Waals surface area (Å²) in [5, 5.41) is 0. The Balaban J connectivity index is 1.42. The lowest BCUT2D eigenvalue weighted by atomic mass is 10.1. The van der Waals surface area contributed by atoms with Crippen LogP contribution in [0.5, 0.6) is 5.75 Å². The van der Waals surface area contributed by atoms with Crippen molar-refractivity contribution < 1.29 is 14.3 Å². The fraction of sp³-hybridized carbons (Fsp3) is 0.424. The fourth-order valence-electron chi connectivity index (χ4n) is 6.29. The van der Waals surface area contributed by atoms with Crippen molar-refractivity contribution in [2.75, 3.05) is 43.6 Å².